The van der Waals surface area contributed by atoms with Crippen LogP contribution in [0.3, 0.4) is 0 Å². The minimum absolute atomic E-state index is 0.00954. The third-order valence-corrected chi connectivity index (χ3v) is 8.33. The van der Waals surface area contributed by atoms with Crippen molar-refractivity contribution >= 4 is 26.8 Å². The van der Waals surface area contributed by atoms with Gasteiger partial charge in [-0.05, 0) is 42.3 Å². The summed E-state index contributed by atoms with van der Waals surface area (Å²) in [6.07, 6.45) is 5.46. The van der Waals surface area contributed by atoms with E-state index < -0.39 is 10.0 Å². The molecule has 0 spiro atoms. The zero-order valence-corrected chi connectivity index (χ0v) is 21.4. The second kappa shape index (κ2) is 10.4. The fourth-order valence-corrected chi connectivity index (χ4v) is 6.19. The Bertz CT molecular complexity index is 1470. The molecule has 9 heteroatoms. The molecule has 192 valence electrons. The first-order chi connectivity index (χ1) is 17.8. The van der Waals surface area contributed by atoms with Crippen LogP contribution in [0.2, 0.25) is 0 Å². The van der Waals surface area contributed by atoms with E-state index in [4.69, 9.17) is 0 Å². The number of nitrogens with zero attached hydrogens (tertiary/aromatic N) is 3. The topological polar surface area (TPSA) is 82.6 Å². The van der Waals surface area contributed by atoms with Crippen molar-refractivity contribution in [2.75, 3.05) is 26.2 Å². The molecule has 0 saturated carbocycles. The molecule has 1 amide bonds. The van der Waals surface area contributed by atoms with Crippen molar-refractivity contribution in [1.29, 1.82) is 0 Å². The predicted molar refractivity (Wildman–Crippen MR) is 140 cm³/mol. The number of allylic oxidation sites excluding steroid dienone is 3. The first kappa shape index (κ1) is 25.1. The van der Waals surface area contributed by atoms with Crippen molar-refractivity contribution in [3.63, 3.8) is 0 Å². The molecule has 1 N–H and O–H groups in total. The highest BCUT2D eigenvalue weighted by molar-refractivity contribution is 7.89. The van der Waals surface area contributed by atoms with Gasteiger partial charge in [0.1, 0.15) is 10.7 Å². The molecular weight excluding hydrogens is 491 g/mol. The summed E-state index contributed by atoms with van der Waals surface area (Å²) in [5.74, 6) is -0.421. The molecule has 1 aliphatic heterocycles. The maximum atomic E-state index is 13.2. The van der Waals surface area contributed by atoms with Crippen LogP contribution in [0.25, 0.3) is 10.9 Å². The van der Waals surface area contributed by atoms with Crippen molar-refractivity contribution in [2.24, 2.45) is 5.92 Å². The molecule has 1 aliphatic carbocycles. The van der Waals surface area contributed by atoms with E-state index in [1.165, 1.54) is 12.1 Å². The van der Waals surface area contributed by atoms with Gasteiger partial charge in [0.05, 0.1) is 5.52 Å². The molecule has 7 nitrogen and oxygen atoms in total. The lowest BCUT2D eigenvalue weighted by atomic mass is 9.92. The van der Waals surface area contributed by atoms with Crippen molar-refractivity contribution in [1.82, 2.24) is 19.5 Å². The van der Waals surface area contributed by atoms with E-state index in [9.17, 15) is 17.6 Å². The molecule has 0 bridgehead atoms. The number of pyridine rings is 1. The summed E-state index contributed by atoms with van der Waals surface area (Å²) >= 11 is 0. The minimum atomic E-state index is -3.84. The number of para-hydroxylation sites is 1. The maximum absolute atomic E-state index is 13.2. The molecule has 3 aromatic rings. The van der Waals surface area contributed by atoms with Gasteiger partial charge in [-0.2, -0.15) is 0 Å². The Kier molecular flexibility index (Phi) is 7.08. The maximum Gasteiger partial charge on any atom is 0.263 e. The summed E-state index contributed by atoms with van der Waals surface area (Å²) in [4.78, 5) is 21.7. The third kappa shape index (κ3) is 5.57. The standard InChI is InChI=1S/C28H29FN4O3S/c1-20-18-23(28(34)33-16-14-32(15-17-33)19-21-7-10-24(29)11-8-21)9-12-25(20)31-37(35,36)26-6-2-4-22-5-3-13-30-27(22)26/h2-13,20,31H,14-19H2,1H3. The number of halogens is 1. The molecule has 1 saturated heterocycles. The van der Waals surface area contributed by atoms with Gasteiger partial charge in [0.25, 0.3) is 10.0 Å². The lowest BCUT2D eigenvalue weighted by Gasteiger charge is -2.36. The number of rotatable bonds is 6. The number of carbonyl (C=O) groups excluding carboxylic acids is 1. The number of sulfonamides is 1. The van der Waals surface area contributed by atoms with E-state index >= 15 is 0 Å². The molecule has 2 heterocycles. The normalized spacial score (nSPS) is 18.9. The van der Waals surface area contributed by atoms with Gasteiger partial charge < -0.3 is 4.90 Å². The van der Waals surface area contributed by atoms with Gasteiger partial charge in [0, 0.05) is 61.5 Å². The van der Waals surface area contributed by atoms with Crippen molar-refractivity contribution in [3.05, 3.63) is 95.6 Å². The molecule has 1 aromatic heterocycles. The van der Waals surface area contributed by atoms with Crippen LogP contribution >= 0.6 is 0 Å². The number of carbonyl (C=O) groups is 1. The van der Waals surface area contributed by atoms with Gasteiger partial charge in [-0.1, -0.05) is 43.3 Å². The van der Waals surface area contributed by atoms with Crippen molar-refractivity contribution in [3.8, 4) is 0 Å². The van der Waals surface area contributed by atoms with Crippen LogP contribution in [-0.4, -0.2) is 55.3 Å². The van der Waals surface area contributed by atoms with E-state index in [1.54, 1.807) is 48.7 Å². The number of amides is 1. The molecule has 1 fully saturated rings. The highest BCUT2D eigenvalue weighted by Gasteiger charge is 2.28. The van der Waals surface area contributed by atoms with E-state index in [0.717, 1.165) is 30.6 Å². The monoisotopic (exact) mass is 520 g/mol. The molecule has 1 unspecified atom stereocenters. The van der Waals surface area contributed by atoms with Crippen LogP contribution in [0, 0.1) is 11.7 Å². The van der Waals surface area contributed by atoms with Gasteiger partial charge in [0.15, 0.2) is 0 Å². The number of piperazine rings is 1. The van der Waals surface area contributed by atoms with Crippen LogP contribution in [0.4, 0.5) is 4.39 Å². The average molecular weight is 521 g/mol. The van der Waals surface area contributed by atoms with Crippen LogP contribution < -0.4 is 4.72 Å². The van der Waals surface area contributed by atoms with Crippen molar-refractivity contribution in [2.45, 2.75) is 24.8 Å². The van der Waals surface area contributed by atoms with E-state index in [0.29, 0.717) is 36.3 Å². The number of hydrogen-bond acceptors (Lipinski definition) is 5. The summed E-state index contributed by atoms with van der Waals surface area (Å²) < 4.78 is 42.2. The molecule has 5 rings (SSSR count). The summed E-state index contributed by atoms with van der Waals surface area (Å²) in [7, 11) is -3.84. The van der Waals surface area contributed by atoms with Crippen molar-refractivity contribution < 1.29 is 17.6 Å². The van der Waals surface area contributed by atoms with Gasteiger partial charge in [-0.3, -0.25) is 19.4 Å². The Balaban J connectivity index is 1.23. The van der Waals surface area contributed by atoms with Crippen LogP contribution in [0.5, 0.6) is 0 Å². The molecular formula is C28H29FN4O3S. The molecule has 1 atom stereocenters. The number of aromatic nitrogens is 1. The smallest absolute Gasteiger partial charge is 0.263 e. The first-order valence-electron chi connectivity index (χ1n) is 12.3. The van der Waals surface area contributed by atoms with Crippen LogP contribution in [0.1, 0.15) is 18.9 Å². The zero-order chi connectivity index (χ0) is 26.0. The fraction of sp³-hybridized carbons (Fsp3) is 0.286. The molecule has 0 radical (unpaired) electrons. The molecule has 2 aliphatic rings. The van der Waals surface area contributed by atoms with E-state index in [2.05, 4.69) is 14.6 Å². The Hall–Kier alpha value is -3.56. The van der Waals surface area contributed by atoms with Gasteiger partial charge in [0.2, 0.25) is 5.91 Å². The number of benzene rings is 2. The Labute approximate surface area is 216 Å². The summed E-state index contributed by atoms with van der Waals surface area (Å²) in [5.41, 5.74) is 2.69. The highest BCUT2D eigenvalue weighted by atomic mass is 32.2. The van der Waals surface area contributed by atoms with Crippen LogP contribution in [-0.2, 0) is 21.4 Å². The zero-order valence-electron chi connectivity index (χ0n) is 20.6. The Morgan fingerprint density at radius 1 is 1.03 bits per heavy atom. The predicted octanol–water partition coefficient (Wildman–Crippen LogP) is 3.85. The number of fused-ring (bicyclic) bond motifs is 1. The lowest BCUT2D eigenvalue weighted by Crippen LogP contribution is -2.48. The Morgan fingerprint density at radius 3 is 2.49 bits per heavy atom. The van der Waals surface area contributed by atoms with Crippen LogP contribution in [0.15, 0.2) is 89.1 Å². The lowest BCUT2D eigenvalue weighted by molar-refractivity contribution is -0.129. The summed E-state index contributed by atoms with van der Waals surface area (Å²) in [5, 5.41) is 0.751. The second-order valence-corrected chi connectivity index (χ2v) is 11.2. The molecule has 37 heavy (non-hydrogen) atoms. The first-order valence-corrected chi connectivity index (χ1v) is 13.8. The highest BCUT2D eigenvalue weighted by Crippen LogP contribution is 2.28. The fourth-order valence-electron chi connectivity index (χ4n) is 4.82. The van der Waals surface area contributed by atoms with E-state index in [1.807, 2.05) is 24.0 Å². The third-order valence-electron chi connectivity index (χ3n) is 6.91. The number of hydrogen-bond donors (Lipinski definition) is 1. The van der Waals surface area contributed by atoms with Gasteiger partial charge in [-0.15, -0.1) is 0 Å². The summed E-state index contributed by atoms with van der Waals surface area (Å²) in [6, 6.07) is 15.2. The number of nitrogens with one attached hydrogen (secondary N) is 1. The summed E-state index contributed by atoms with van der Waals surface area (Å²) in [6.45, 7) is 5.35. The SMILES string of the molecule is CC1CC(C(=O)N2CCN(Cc3ccc(F)cc3)CC2)=CC=C1NS(=O)(=O)c1cccc2cccnc12. The van der Waals surface area contributed by atoms with Gasteiger partial charge >= 0.3 is 0 Å². The van der Waals surface area contributed by atoms with Gasteiger partial charge in [-0.25, -0.2) is 12.8 Å². The Morgan fingerprint density at radius 2 is 1.76 bits per heavy atom. The minimum Gasteiger partial charge on any atom is -0.336 e. The molecule has 2 aromatic carbocycles. The largest absolute Gasteiger partial charge is 0.336 e. The van der Waals surface area contributed by atoms with E-state index in [-0.39, 0.29) is 22.5 Å². The quantitative estimate of drug-likeness (QED) is 0.534. The second-order valence-electron chi connectivity index (χ2n) is 9.55. The average Bonchev–Trinajstić information content (AvgIpc) is 2.91.